The number of nitrogens with two attached hydrogens (primary N) is 1. The number of rotatable bonds is 3. The molecule has 1 aliphatic carbocycles. The van der Waals surface area contributed by atoms with Gasteiger partial charge in [-0.2, -0.15) is 0 Å². The van der Waals surface area contributed by atoms with Gasteiger partial charge in [-0.15, -0.1) is 0 Å². The largest absolute Gasteiger partial charge is 0.369 e. The van der Waals surface area contributed by atoms with Gasteiger partial charge in [-0.25, -0.2) is 0 Å². The van der Waals surface area contributed by atoms with Crippen LogP contribution in [0.2, 0.25) is 0 Å². The van der Waals surface area contributed by atoms with Crippen LogP contribution in [-0.4, -0.2) is 30.4 Å². The molecule has 2 rings (SSSR count). The van der Waals surface area contributed by atoms with Crippen molar-refractivity contribution in [3.05, 3.63) is 0 Å². The van der Waals surface area contributed by atoms with E-state index in [1.165, 1.54) is 25.9 Å². The summed E-state index contributed by atoms with van der Waals surface area (Å²) >= 11 is 0. The minimum Gasteiger partial charge on any atom is -0.369 e. The lowest BCUT2D eigenvalue weighted by atomic mass is 9.97. The van der Waals surface area contributed by atoms with E-state index < -0.39 is 0 Å². The molecule has 2 aliphatic rings. The molecule has 1 saturated heterocycles. The highest BCUT2D eigenvalue weighted by atomic mass is 16.1. The van der Waals surface area contributed by atoms with E-state index >= 15 is 0 Å². The van der Waals surface area contributed by atoms with E-state index in [2.05, 4.69) is 4.90 Å². The number of carbonyl (C=O) groups excluding carboxylic acids is 1. The Morgan fingerprint density at radius 1 is 1.38 bits per heavy atom. The zero-order valence-electron chi connectivity index (χ0n) is 8.04. The summed E-state index contributed by atoms with van der Waals surface area (Å²) in [6.45, 7) is 3.27. The quantitative estimate of drug-likeness (QED) is 0.694. The zero-order valence-corrected chi connectivity index (χ0v) is 8.04. The van der Waals surface area contributed by atoms with Gasteiger partial charge in [0.1, 0.15) is 0 Å². The van der Waals surface area contributed by atoms with Crippen molar-refractivity contribution in [2.75, 3.05) is 19.6 Å². The zero-order chi connectivity index (χ0) is 9.26. The molecule has 74 valence electrons. The van der Waals surface area contributed by atoms with Crippen molar-refractivity contribution in [3.8, 4) is 0 Å². The van der Waals surface area contributed by atoms with Gasteiger partial charge in [0.05, 0.1) is 5.92 Å². The van der Waals surface area contributed by atoms with Crippen LogP contribution in [-0.2, 0) is 4.79 Å². The standard InChI is InChI=1S/C10H18N2O/c11-10(13)9-2-1-5-12(7-9)6-8-3-4-8/h8-9H,1-7H2,(H2,11,13). The fraction of sp³-hybridized carbons (Fsp3) is 0.900. The molecule has 1 unspecified atom stereocenters. The van der Waals surface area contributed by atoms with Gasteiger partial charge in [-0.3, -0.25) is 4.79 Å². The molecule has 0 bridgehead atoms. The second kappa shape index (κ2) is 3.66. The van der Waals surface area contributed by atoms with Crippen molar-refractivity contribution in [2.24, 2.45) is 17.6 Å². The van der Waals surface area contributed by atoms with Crippen LogP contribution in [0.4, 0.5) is 0 Å². The van der Waals surface area contributed by atoms with Crippen LogP contribution in [0.5, 0.6) is 0 Å². The van der Waals surface area contributed by atoms with Gasteiger partial charge in [0.25, 0.3) is 0 Å². The van der Waals surface area contributed by atoms with Crippen molar-refractivity contribution in [3.63, 3.8) is 0 Å². The summed E-state index contributed by atoms with van der Waals surface area (Å²) in [6.07, 6.45) is 4.91. The molecule has 1 atom stereocenters. The molecule has 0 aromatic heterocycles. The first kappa shape index (κ1) is 9.00. The molecule has 3 heteroatoms. The summed E-state index contributed by atoms with van der Waals surface area (Å²) in [7, 11) is 0. The Bertz CT molecular complexity index is 201. The van der Waals surface area contributed by atoms with Crippen LogP contribution in [0.1, 0.15) is 25.7 Å². The molecular weight excluding hydrogens is 164 g/mol. The van der Waals surface area contributed by atoms with Gasteiger partial charge in [-0.05, 0) is 38.1 Å². The topological polar surface area (TPSA) is 46.3 Å². The van der Waals surface area contributed by atoms with Crippen LogP contribution >= 0.6 is 0 Å². The lowest BCUT2D eigenvalue weighted by molar-refractivity contribution is -0.123. The third kappa shape index (κ3) is 2.44. The molecule has 1 saturated carbocycles. The van der Waals surface area contributed by atoms with E-state index in [0.29, 0.717) is 0 Å². The van der Waals surface area contributed by atoms with Crippen molar-refractivity contribution >= 4 is 5.91 Å². The lowest BCUT2D eigenvalue weighted by Crippen LogP contribution is -2.41. The fourth-order valence-corrected chi connectivity index (χ4v) is 2.12. The van der Waals surface area contributed by atoms with E-state index in [0.717, 1.165) is 25.3 Å². The van der Waals surface area contributed by atoms with Crippen molar-refractivity contribution in [2.45, 2.75) is 25.7 Å². The number of carbonyl (C=O) groups is 1. The number of amides is 1. The predicted molar refractivity (Wildman–Crippen MR) is 51.1 cm³/mol. The summed E-state index contributed by atoms with van der Waals surface area (Å²) in [5.41, 5.74) is 5.31. The summed E-state index contributed by atoms with van der Waals surface area (Å²) in [4.78, 5) is 13.4. The molecule has 2 fully saturated rings. The average Bonchev–Trinajstić information content (AvgIpc) is 2.89. The summed E-state index contributed by atoms with van der Waals surface area (Å²) in [6, 6.07) is 0. The summed E-state index contributed by atoms with van der Waals surface area (Å²) in [5.74, 6) is 0.930. The monoisotopic (exact) mass is 182 g/mol. The van der Waals surface area contributed by atoms with Crippen molar-refractivity contribution in [1.82, 2.24) is 4.90 Å². The summed E-state index contributed by atoms with van der Waals surface area (Å²) < 4.78 is 0. The first-order chi connectivity index (χ1) is 6.25. The molecule has 0 spiro atoms. The Hall–Kier alpha value is -0.570. The van der Waals surface area contributed by atoms with Gasteiger partial charge >= 0.3 is 0 Å². The maximum Gasteiger partial charge on any atom is 0.221 e. The third-order valence-electron chi connectivity index (χ3n) is 3.12. The van der Waals surface area contributed by atoms with Crippen LogP contribution < -0.4 is 5.73 Å². The number of nitrogens with zero attached hydrogens (tertiary/aromatic N) is 1. The minimum absolute atomic E-state index is 0.111. The normalized spacial score (nSPS) is 30.3. The molecule has 3 nitrogen and oxygen atoms in total. The second-order valence-electron chi connectivity index (χ2n) is 4.44. The summed E-state index contributed by atoms with van der Waals surface area (Å²) in [5, 5.41) is 0. The van der Waals surface area contributed by atoms with E-state index in [1.54, 1.807) is 0 Å². The number of likely N-dealkylation sites (tertiary alicyclic amines) is 1. The van der Waals surface area contributed by atoms with Gasteiger partial charge in [0.2, 0.25) is 5.91 Å². The van der Waals surface area contributed by atoms with Crippen LogP contribution in [0.25, 0.3) is 0 Å². The van der Waals surface area contributed by atoms with Crippen molar-refractivity contribution < 1.29 is 4.79 Å². The molecule has 1 aliphatic heterocycles. The number of piperidine rings is 1. The number of hydrogen-bond acceptors (Lipinski definition) is 2. The van der Waals surface area contributed by atoms with E-state index in [9.17, 15) is 4.79 Å². The fourth-order valence-electron chi connectivity index (χ4n) is 2.12. The molecule has 2 N–H and O–H groups in total. The smallest absolute Gasteiger partial charge is 0.221 e. The molecule has 0 aromatic carbocycles. The van der Waals surface area contributed by atoms with Crippen LogP contribution in [0.3, 0.4) is 0 Å². The Balaban J connectivity index is 1.80. The molecule has 0 aromatic rings. The first-order valence-electron chi connectivity index (χ1n) is 5.27. The van der Waals surface area contributed by atoms with E-state index in [-0.39, 0.29) is 11.8 Å². The number of primary amides is 1. The SMILES string of the molecule is NC(=O)C1CCCN(CC2CC2)C1. The Kier molecular flexibility index (Phi) is 2.54. The lowest BCUT2D eigenvalue weighted by Gasteiger charge is -2.31. The van der Waals surface area contributed by atoms with Crippen LogP contribution in [0, 0.1) is 11.8 Å². The highest BCUT2D eigenvalue weighted by Crippen LogP contribution is 2.31. The molecule has 1 amide bonds. The Morgan fingerprint density at radius 3 is 2.77 bits per heavy atom. The molecular formula is C10H18N2O. The highest BCUT2D eigenvalue weighted by molar-refractivity contribution is 5.76. The van der Waals surface area contributed by atoms with Gasteiger partial charge in [0.15, 0.2) is 0 Å². The van der Waals surface area contributed by atoms with E-state index in [1.807, 2.05) is 0 Å². The third-order valence-corrected chi connectivity index (χ3v) is 3.12. The minimum atomic E-state index is -0.111. The van der Waals surface area contributed by atoms with Gasteiger partial charge in [0, 0.05) is 13.1 Å². The highest BCUT2D eigenvalue weighted by Gasteiger charge is 2.29. The van der Waals surface area contributed by atoms with Gasteiger partial charge in [-0.1, -0.05) is 0 Å². The first-order valence-corrected chi connectivity index (χ1v) is 5.27. The van der Waals surface area contributed by atoms with Crippen LogP contribution in [0.15, 0.2) is 0 Å². The molecule has 13 heavy (non-hydrogen) atoms. The van der Waals surface area contributed by atoms with Gasteiger partial charge < -0.3 is 10.6 Å². The maximum atomic E-state index is 11.0. The van der Waals surface area contributed by atoms with Crippen molar-refractivity contribution in [1.29, 1.82) is 0 Å². The van der Waals surface area contributed by atoms with E-state index in [4.69, 9.17) is 5.73 Å². The Labute approximate surface area is 79.3 Å². The second-order valence-corrected chi connectivity index (χ2v) is 4.44. The maximum absolute atomic E-state index is 11.0. The average molecular weight is 182 g/mol. The number of hydrogen-bond donors (Lipinski definition) is 1. The Morgan fingerprint density at radius 2 is 2.15 bits per heavy atom. The molecule has 0 radical (unpaired) electrons. The molecule has 1 heterocycles. The predicted octanol–water partition coefficient (Wildman–Crippen LogP) is 0.594.